The van der Waals surface area contributed by atoms with Gasteiger partial charge in [0.15, 0.2) is 0 Å². The van der Waals surface area contributed by atoms with Gasteiger partial charge in [-0.2, -0.15) is 0 Å². The fraction of sp³-hybridized carbons (Fsp3) is 0.923. The topological polar surface area (TPSA) is 52.6 Å². The molecule has 3 atom stereocenters. The van der Waals surface area contributed by atoms with Crippen molar-refractivity contribution in [1.29, 1.82) is 0 Å². The van der Waals surface area contributed by atoms with Gasteiger partial charge in [-0.15, -0.1) is 0 Å². The molecule has 0 fully saturated rings. The molecule has 0 saturated heterocycles. The summed E-state index contributed by atoms with van der Waals surface area (Å²) in [6.45, 7) is 9.02. The van der Waals surface area contributed by atoms with Gasteiger partial charge in [-0.05, 0) is 33.4 Å². The van der Waals surface area contributed by atoms with Gasteiger partial charge in [0.2, 0.25) is 0 Å². The second-order valence-corrected chi connectivity index (χ2v) is 5.67. The highest BCUT2D eigenvalue weighted by Gasteiger charge is 2.22. The van der Waals surface area contributed by atoms with Gasteiger partial charge in [-0.25, -0.2) is 0 Å². The third kappa shape index (κ3) is 7.34. The summed E-state index contributed by atoms with van der Waals surface area (Å²) in [4.78, 5) is 13.1. The molecule has 0 aromatic rings. The van der Waals surface area contributed by atoms with E-state index in [1.165, 1.54) is 0 Å². The van der Waals surface area contributed by atoms with Crippen LogP contribution < -0.4 is 5.32 Å². The van der Waals surface area contributed by atoms with Crippen LogP contribution in [0.1, 0.15) is 34.1 Å². The van der Waals surface area contributed by atoms with Crippen LogP contribution in [0.5, 0.6) is 0 Å². The minimum atomic E-state index is -0.738. The zero-order valence-corrected chi connectivity index (χ0v) is 12.0. The molecule has 102 valence electrons. The number of nitrogens with one attached hydrogen (secondary N) is 1. The summed E-state index contributed by atoms with van der Waals surface area (Å²) in [5.74, 6) is -0.482. The molecule has 4 nitrogen and oxygen atoms in total. The summed E-state index contributed by atoms with van der Waals surface area (Å²) in [6.07, 6.45) is 1.06. The summed E-state index contributed by atoms with van der Waals surface area (Å²) in [7, 11) is 4.08. The molecule has 0 amide bonds. The maximum absolute atomic E-state index is 10.9. The molecule has 4 heteroatoms. The number of carboxylic acids is 1. The van der Waals surface area contributed by atoms with Crippen LogP contribution in [0.2, 0.25) is 0 Å². The van der Waals surface area contributed by atoms with Crippen LogP contribution in [0.4, 0.5) is 0 Å². The fourth-order valence-corrected chi connectivity index (χ4v) is 1.94. The lowest BCUT2D eigenvalue weighted by Gasteiger charge is -2.29. The largest absolute Gasteiger partial charge is 0.481 e. The molecule has 0 radical (unpaired) electrons. The Balaban J connectivity index is 4.35. The van der Waals surface area contributed by atoms with Crippen molar-refractivity contribution in [2.24, 2.45) is 11.8 Å². The Kier molecular flexibility index (Phi) is 7.39. The van der Waals surface area contributed by atoms with Crippen LogP contribution in [0.15, 0.2) is 0 Å². The van der Waals surface area contributed by atoms with E-state index in [2.05, 4.69) is 24.1 Å². The molecule has 0 rings (SSSR count). The van der Waals surface area contributed by atoms with Crippen molar-refractivity contribution in [2.75, 3.05) is 20.6 Å². The number of likely N-dealkylation sites (N-methyl/N-ethyl adjacent to an activating group) is 1. The van der Waals surface area contributed by atoms with Crippen LogP contribution in [0, 0.1) is 11.8 Å². The first-order valence-electron chi connectivity index (χ1n) is 6.37. The standard InChI is InChI=1S/C13H28N2O2/c1-9(2)7-12(8-15(5)6)14-11(4)10(3)13(16)17/h9-12,14H,7-8H2,1-6H3,(H,16,17). The number of hydrogen-bond donors (Lipinski definition) is 2. The average molecular weight is 244 g/mol. The van der Waals surface area contributed by atoms with Crippen molar-refractivity contribution in [3.05, 3.63) is 0 Å². The molecule has 0 bridgehead atoms. The summed E-state index contributed by atoms with van der Waals surface area (Å²) in [5, 5.41) is 12.4. The van der Waals surface area contributed by atoms with Gasteiger partial charge in [0.1, 0.15) is 0 Å². The van der Waals surface area contributed by atoms with E-state index in [1.807, 2.05) is 21.0 Å². The second kappa shape index (κ2) is 7.67. The molecule has 0 saturated carbocycles. The highest BCUT2D eigenvalue weighted by Crippen LogP contribution is 2.10. The van der Waals surface area contributed by atoms with Gasteiger partial charge >= 0.3 is 5.97 Å². The Morgan fingerprint density at radius 1 is 1.24 bits per heavy atom. The molecule has 17 heavy (non-hydrogen) atoms. The van der Waals surface area contributed by atoms with E-state index in [-0.39, 0.29) is 12.0 Å². The first kappa shape index (κ1) is 16.4. The number of carbonyl (C=O) groups is 1. The maximum Gasteiger partial charge on any atom is 0.307 e. The Bertz CT molecular complexity index is 219. The smallest absolute Gasteiger partial charge is 0.307 e. The first-order chi connectivity index (χ1) is 7.73. The van der Waals surface area contributed by atoms with Gasteiger partial charge in [-0.1, -0.05) is 20.8 Å². The quantitative estimate of drug-likeness (QED) is 0.682. The summed E-state index contributed by atoms with van der Waals surface area (Å²) in [5.41, 5.74) is 0. The number of nitrogens with zero attached hydrogens (tertiary/aromatic N) is 1. The molecule has 0 aromatic heterocycles. The molecule has 2 N–H and O–H groups in total. The molecular formula is C13H28N2O2. The van der Waals surface area contributed by atoms with Crippen LogP contribution in [-0.4, -0.2) is 48.7 Å². The molecule has 0 aromatic carbocycles. The lowest BCUT2D eigenvalue weighted by molar-refractivity contribution is -0.142. The van der Waals surface area contributed by atoms with Gasteiger partial charge in [-0.3, -0.25) is 4.79 Å². The molecular weight excluding hydrogens is 216 g/mol. The fourth-order valence-electron chi connectivity index (χ4n) is 1.94. The van der Waals surface area contributed by atoms with Gasteiger partial charge < -0.3 is 15.3 Å². The molecule has 0 aliphatic heterocycles. The Morgan fingerprint density at radius 3 is 2.12 bits per heavy atom. The zero-order valence-electron chi connectivity index (χ0n) is 12.0. The summed E-state index contributed by atoms with van der Waals surface area (Å²) < 4.78 is 0. The average Bonchev–Trinajstić information content (AvgIpc) is 2.13. The maximum atomic E-state index is 10.9. The summed E-state index contributed by atoms with van der Waals surface area (Å²) in [6, 6.07) is 0.345. The minimum Gasteiger partial charge on any atom is -0.481 e. The molecule has 0 heterocycles. The van der Waals surface area contributed by atoms with E-state index in [9.17, 15) is 4.79 Å². The molecule has 0 aliphatic carbocycles. The van der Waals surface area contributed by atoms with Gasteiger partial charge in [0.05, 0.1) is 5.92 Å². The Morgan fingerprint density at radius 2 is 1.76 bits per heavy atom. The molecule has 0 spiro atoms. The molecule has 3 unspecified atom stereocenters. The highest BCUT2D eigenvalue weighted by molar-refractivity contribution is 5.70. The normalized spacial score (nSPS) is 17.2. The van der Waals surface area contributed by atoms with Gasteiger partial charge in [0.25, 0.3) is 0 Å². The van der Waals surface area contributed by atoms with E-state index < -0.39 is 5.97 Å². The lowest BCUT2D eigenvalue weighted by atomic mass is 9.99. The number of aliphatic carboxylic acids is 1. The zero-order chi connectivity index (χ0) is 13.6. The van der Waals surface area contributed by atoms with E-state index in [1.54, 1.807) is 6.92 Å². The van der Waals surface area contributed by atoms with Crippen molar-refractivity contribution in [3.63, 3.8) is 0 Å². The van der Waals surface area contributed by atoms with Crippen LogP contribution in [0.25, 0.3) is 0 Å². The van der Waals surface area contributed by atoms with E-state index in [0.717, 1.165) is 13.0 Å². The van der Waals surface area contributed by atoms with E-state index in [4.69, 9.17) is 5.11 Å². The van der Waals surface area contributed by atoms with Crippen LogP contribution in [-0.2, 0) is 4.79 Å². The van der Waals surface area contributed by atoms with Crippen LogP contribution in [0.3, 0.4) is 0 Å². The first-order valence-corrected chi connectivity index (χ1v) is 6.37. The predicted octanol–water partition coefficient (Wildman–Crippen LogP) is 1.66. The lowest BCUT2D eigenvalue weighted by Crippen LogP contribution is -2.47. The van der Waals surface area contributed by atoms with Crippen molar-refractivity contribution < 1.29 is 9.90 Å². The number of hydrogen-bond acceptors (Lipinski definition) is 3. The van der Waals surface area contributed by atoms with Crippen molar-refractivity contribution in [3.8, 4) is 0 Å². The monoisotopic (exact) mass is 244 g/mol. The Hall–Kier alpha value is -0.610. The SMILES string of the molecule is CC(C)CC(CN(C)C)NC(C)C(C)C(=O)O. The third-order valence-electron chi connectivity index (χ3n) is 2.98. The Labute approximate surface area is 105 Å². The van der Waals surface area contributed by atoms with Crippen molar-refractivity contribution >= 4 is 5.97 Å². The van der Waals surface area contributed by atoms with Crippen molar-refractivity contribution in [2.45, 2.75) is 46.2 Å². The van der Waals surface area contributed by atoms with Crippen LogP contribution >= 0.6 is 0 Å². The highest BCUT2D eigenvalue weighted by atomic mass is 16.4. The van der Waals surface area contributed by atoms with E-state index >= 15 is 0 Å². The second-order valence-electron chi connectivity index (χ2n) is 5.67. The molecule has 0 aliphatic rings. The van der Waals surface area contributed by atoms with Crippen molar-refractivity contribution in [1.82, 2.24) is 10.2 Å². The minimum absolute atomic E-state index is 0.00352. The predicted molar refractivity (Wildman–Crippen MR) is 71.2 cm³/mol. The van der Waals surface area contributed by atoms with Gasteiger partial charge in [0, 0.05) is 18.6 Å². The van der Waals surface area contributed by atoms with E-state index in [0.29, 0.717) is 12.0 Å². The summed E-state index contributed by atoms with van der Waals surface area (Å²) >= 11 is 0. The third-order valence-corrected chi connectivity index (χ3v) is 2.98. The number of rotatable bonds is 8. The number of carboxylic acid groups (broad SMARTS) is 1.